The van der Waals surface area contributed by atoms with Crippen molar-refractivity contribution in [2.45, 2.75) is 19.8 Å². The lowest BCUT2D eigenvalue weighted by Crippen LogP contribution is -2.01. The molecule has 2 rings (SSSR count). The number of rotatable bonds is 4. The van der Waals surface area contributed by atoms with Crippen molar-refractivity contribution in [2.24, 2.45) is 0 Å². The Morgan fingerprint density at radius 3 is 2.67 bits per heavy atom. The average molecular weight is 238 g/mol. The Morgan fingerprint density at radius 2 is 2.06 bits per heavy atom. The first-order valence-electron chi connectivity index (χ1n) is 5.93. The molecule has 0 aliphatic heterocycles. The normalized spacial score (nSPS) is 10.0. The van der Waals surface area contributed by atoms with Gasteiger partial charge in [-0.1, -0.05) is 37.3 Å². The molecule has 3 nitrogen and oxygen atoms in total. The number of nitrogens with one attached hydrogen (secondary N) is 1. The van der Waals surface area contributed by atoms with Crippen molar-refractivity contribution in [3.8, 4) is 6.07 Å². The van der Waals surface area contributed by atoms with E-state index in [1.54, 1.807) is 12.1 Å². The molecule has 0 bridgehead atoms. The molecule has 0 aliphatic rings. The van der Waals surface area contributed by atoms with Gasteiger partial charge in [0.25, 0.3) is 0 Å². The largest absolute Gasteiger partial charge is 0.355 e. The molecule has 0 saturated carbocycles. The summed E-state index contributed by atoms with van der Waals surface area (Å²) in [5.41, 5.74) is 3.10. The van der Waals surface area contributed by atoms with Crippen molar-refractivity contribution in [1.82, 2.24) is 4.98 Å². The van der Waals surface area contributed by atoms with E-state index in [1.165, 1.54) is 0 Å². The number of aryl methyl sites for hydroxylation is 1. The van der Waals surface area contributed by atoms with E-state index in [2.05, 4.69) is 11.1 Å². The maximum absolute atomic E-state index is 12.2. The van der Waals surface area contributed by atoms with Gasteiger partial charge in [-0.2, -0.15) is 5.26 Å². The van der Waals surface area contributed by atoms with Gasteiger partial charge >= 0.3 is 0 Å². The van der Waals surface area contributed by atoms with Gasteiger partial charge in [-0.25, -0.2) is 0 Å². The molecule has 0 radical (unpaired) electrons. The van der Waals surface area contributed by atoms with Crippen LogP contribution in [0.3, 0.4) is 0 Å². The highest BCUT2D eigenvalue weighted by Gasteiger charge is 2.14. The molecule has 0 amide bonds. The third kappa shape index (κ3) is 2.33. The Hall–Kier alpha value is -2.34. The fraction of sp³-hybridized carbons (Fsp3) is 0.200. The average Bonchev–Trinajstić information content (AvgIpc) is 2.82. The Kier molecular flexibility index (Phi) is 3.59. The van der Waals surface area contributed by atoms with Gasteiger partial charge in [-0.05, 0) is 18.1 Å². The van der Waals surface area contributed by atoms with Crippen LogP contribution in [-0.4, -0.2) is 10.8 Å². The minimum atomic E-state index is -0.0329. The molecule has 1 heterocycles. The van der Waals surface area contributed by atoms with Gasteiger partial charge in [0.1, 0.15) is 0 Å². The quantitative estimate of drug-likeness (QED) is 0.833. The Morgan fingerprint density at radius 1 is 1.33 bits per heavy atom. The monoisotopic (exact) mass is 238 g/mol. The summed E-state index contributed by atoms with van der Waals surface area (Å²) in [6.07, 6.45) is 1.13. The first-order valence-corrected chi connectivity index (χ1v) is 5.93. The van der Waals surface area contributed by atoms with Crippen LogP contribution in [0.4, 0.5) is 0 Å². The molecule has 0 saturated heterocycles. The van der Waals surface area contributed by atoms with E-state index in [-0.39, 0.29) is 5.78 Å². The van der Waals surface area contributed by atoms with E-state index >= 15 is 0 Å². The maximum Gasteiger partial charge on any atom is 0.209 e. The van der Waals surface area contributed by atoms with Crippen molar-refractivity contribution in [3.63, 3.8) is 0 Å². The lowest BCUT2D eigenvalue weighted by molar-refractivity contribution is 0.103. The molecule has 1 N–H and O–H groups in total. The van der Waals surface area contributed by atoms with Crippen LogP contribution >= 0.6 is 0 Å². The molecule has 18 heavy (non-hydrogen) atoms. The van der Waals surface area contributed by atoms with Gasteiger partial charge in [-0.3, -0.25) is 4.79 Å². The molecule has 0 unspecified atom stereocenters. The highest BCUT2D eigenvalue weighted by atomic mass is 16.1. The van der Waals surface area contributed by atoms with E-state index in [0.29, 0.717) is 17.7 Å². The fourth-order valence-corrected chi connectivity index (χ4v) is 1.96. The number of H-pyrrole nitrogens is 1. The van der Waals surface area contributed by atoms with Crippen LogP contribution in [0.1, 0.15) is 34.2 Å². The Balaban J connectivity index is 2.35. The Labute approximate surface area is 106 Å². The third-order valence-corrected chi connectivity index (χ3v) is 2.91. The molecule has 0 aliphatic carbocycles. The van der Waals surface area contributed by atoms with Crippen LogP contribution in [0.15, 0.2) is 36.4 Å². The molecular weight excluding hydrogens is 224 g/mol. The van der Waals surface area contributed by atoms with E-state index in [9.17, 15) is 4.79 Å². The molecular formula is C15H14N2O. The summed E-state index contributed by atoms with van der Waals surface area (Å²) in [4.78, 5) is 15.3. The predicted octanol–water partition coefficient (Wildman–Crippen LogP) is 2.87. The van der Waals surface area contributed by atoms with Gasteiger partial charge in [0.2, 0.25) is 5.78 Å². The molecule has 0 fully saturated rings. The van der Waals surface area contributed by atoms with E-state index in [0.717, 1.165) is 17.7 Å². The van der Waals surface area contributed by atoms with Crippen molar-refractivity contribution in [2.75, 3.05) is 0 Å². The zero-order chi connectivity index (χ0) is 13.0. The molecule has 3 heteroatoms. The third-order valence-electron chi connectivity index (χ3n) is 2.91. The lowest BCUT2D eigenvalue weighted by Gasteiger charge is -1.97. The number of nitriles is 1. The number of aromatic amines is 1. The lowest BCUT2D eigenvalue weighted by atomic mass is 10.1. The van der Waals surface area contributed by atoms with Crippen LogP contribution < -0.4 is 0 Å². The number of hydrogen-bond acceptors (Lipinski definition) is 2. The van der Waals surface area contributed by atoms with E-state index < -0.39 is 0 Å². The van der Waals surface area contributed by atoms with E-state index in [4.69, 9.17) is 5.26 Å². The fourth-order valence-electron chi connectivity index (χ4n) is 1.96. The van der Waals surface area contributed by atoms with Gasteiger partial charge < -0.3 is 4.98 Å². The number of hydrogen-bond donors (Lipinski definition) is 1. The zero-order valence-electron chi connectivity index (χ0n) is 10.2. The summed E-state index contributed by atoms with van der Waals surface area (Å²) in [5, 5.41) is 8.75. The summed E-state index contributed by atoms with van der Waals surface area (Å²) >= 11 is 0. The van der Waals surface area contributed by atoms with Crippen molar-refractivity contribution in [3.05, 3.63) is 58.9 Å². The molecule has 90 valence electrons. The highest BCUT2D eigenvalue weighted by Crippen LogP contribution is 2.15. The second-order valence-corrected chi connectivity index (χ2v) is 4.07. The number of carbonyl (C=O) groups excluding carboxylic acids is 1. The summed E-state index contributed by atoms with van der Waals surface area (Å²) in [7, 11) is 0. The maximum atomic E-state index is 12.2. The highest BCUT2D eigenvalue weighted by molar-refractivity contribution is 6.07. The van der Waals surface area contributed by atoms with Gasteiger partial charge in [0, 0.05) is 11.3 Å². The second kappa shape index (κ2) is 5.33. The van der Waals surface area contributed by atoms with Crippen molar-refractivity contribution in [1.29, 1.82) is 5.26 Å². The molecule has 1 aromatic carbocycles. The smallest absolute Gasteiger partial charge is 0.209 e. The van der Waals surface area contributed by atoms with Gasteiger partial charge in [-0.15, -0.1) is 0 Å². The molecule has 1 aromatic heterocycles. The number of aromatic nitrogens is 1. The van der Waals surface area contributed by atoms with Crippen LogP contribution in [0, 0.1) is 11.3 Å². The van der Waals surface area contributed by atoms with Crippen molar-refractivity contribution >= 4 is 5.78 Å². The summed E-state index contributed by atoms with van der Waals surface area (Å²) in [5.74, 6) is -0.0329. The minimum absolute atomic E-state index is 0.0329. The number of nitrogens with zero attached hydrogens (tertiary/aromatic N) is 1. The van der Waals surface area contributed by atoms with E-state index in [1.807, 2.05) is 31.2 Å². The first kappa shape index (κ1) is 12.1. The van der Waals surface area contributed by atoms with Gasteiger partial charge in [0.05, 0.1) is 18.2 Å². The Bertz CT molecular complexity index is 591. The minimum Gasteiger partial charge on any atom is -0.355 e. The molecule has 0 spiro atoms. The second-order valence-electron chi connectivity index (χ2n) is 4.07. The van der Waals surface area contributed by atoms with Crippen LogP contribution in [0.5, 0.6) is 0 Å². The standard InChI is InChI=1S/C15H14N2O/c1-2-11-10-14(17-13(11)8-9-16)15(18)12-6-4-3-5-7-12/h3-7,10,17H,2,8H2,1H3. The van der Waals surface area contributed by atoms with Gasteiger partial charge in [0.15, 0.2) is 0 Å². The zero-order valence-corrected chi connectivity index (χ0v) is 10.2. The molecule has 0 atom stereocenters. The van der Waals surface area contributed by atoms with Crippen molar-refractivity contribution < 1.29 is 4.79 Å². The molecule has 2 aromatic rings. The summed E-state index contributed by atoms with van der Waals surface area (Å²) < 4.78 is 0. The predicted molar refractivity (Wildman–Crippen MR) is 69.4 cm³/mol. The van der Waals surface area contributed by atoms with Crippen LogP contribution in [0.2, 0.25) is 0 Å². The summed E-state index contributed by atoms with van der Waals surface area (Å²) in [6.45, 7) is 2.01. The topological polar surface area (TPSA) is 56.6 Å². The first-order chi connectivity index (χ1) is 8.76. The number of ketones is 1. The van der Waals surface area contributed by atoms with Crippen LogP contribution in [-0.2, 0) is 12.8 Å². The number of benzene rings is 1. The van der Waals surface area contributed by atoms with Crippen LogP contribution in [0.25, 0.3) is 0 Å². The SMILES string of the molecule is CCc1cc(C(=O)c2ccccc2)[nH]c1CC#N. The number of carbonyl (C=O) groups is 1. The summed E-state index contributed by atoms with van der Waals surface area (Å²) in [6, 6.07) is 13.1.